The van der Waals surface area contributed by atoms with E-state index < -0.39 is 11.9 Å². The predicted molar refractivity (Wildman–Crippen MR) is 59.2 cm³/mol. The minimum absolute atomic E-state index is 0.0132. The van der Waals surface area contributed by atoms with Crippen molar-refractivity contribution < 1.29 is 19.2 Å². The van der Waals surface area contributed by atoms with E-state index in [2.05, 4.69) is 11.4 Å². The standard InChI is InChI=1S/C11H12N2O4/c1-7(12)10(14)16-6-8-3-2-4-9(5-8)11(15)17-13/h2-5H,1,6,12-13H2. The highest BCUT2D eigenvalue weighted by Crippen LogP contribution is 2.08. The molecule has 0 saturated carbocycles. The minimum Gasteiger partial charge on any atom is -0.456 e. The number of benzene rings is 1. The molecule has 0 heterocycles. The highest BCUT2D eigenvalue weighted by atomic mass is 16.7. The molecule has 0 aromatic heterocycles. The Bertz CT molecular complexity index is 457. The summed E-state index contributed by atoms with van der Waals surface area (Å²) in [6.07, 6.45) is 0. The van der Waals surface area contributed by atoms with Gasteiger partial charge in [-0.15, -0.1) is 0 Å². The lowest BCUT2D eigenvalue weighted by Crippen LogP contribution is -2.14. The van der Waals surface area contributed by atoms with Gasteiger partial charge in [-0.25, -0.2) is 9.59 Å². The number of carbonyl (C=O) groups is 2. The summed E-state index contributed by atoms with van der Waals surface area (Å²) < 4.78 is 4.81. The normalized spacial score (nSPS) is 9.47. The van der Waals surface area contributed by atoms with Crippen molar-refractivity contribution in [3.05, 3.63) is 47.7 Å². The van der Waals surface area contributed by atoms with Gasteiger partial charge >= 0.3 is 11.9 Å². The fourth-order valence-corrected chi connectivity index (χ4v) is 1.10. The van der Waals surface area contributed by atoms with Gasteiger partial charge in [0, 0.05) is 0 Å². The first-order chi connectivity index (χ1) is 8.04. The van der Waals surface area contributed by atoms with E-state index in [1.807, 2.05) is 0 Å². The molecule has 0 aliphatic carbocycles. The zero-order valence-corrected chi connectivity index (χ0v) is 9.01. The summed E-state index contributed by atoms with van der Waals surface area (Å²) in [5.74, 6) is 3.39. The molecule has 4 N–H and O–H groups in total. The predicted octanol–water partition coefficient (Wildman–Crippen LogP) is 0.233. The summed E-state index contributed by atoms with van der Waals surface area (Å²) in [7, 11) is 0. The van der Waals surface area contributed by atoms with Gasteiger partial charge in [0.2, 0.25) is 0 Å². The van der Waals surface area contributed by atoms with Crippen molar-refractivity contribution in [3.8, 4) is 0 Å². The topological polar surface area (TPSA) is 105 Å². The van der Waals surface area contributed by atoms with E-state index in [1.165, 1.54) is 12.1 Å². The van der Waals surface area contributed by atoms with E-state index in [0.29, 0.717) is 5.56 Å². The Morgan fingerprint density at radius 1 is 1.35 bits per heavy atom. The lowest BCUT2D eigenvalue weighted by atomic mass is 10.1. The maximum atomic E-state index is 11.1. The fourth-order valence-electron chi connectivity index (χ4n) is 1.10. The number of esters is 1. The Balaban J connectivity index is 2.69. The summed E-state index contributed by atoms with van der Waals surface area (Å²) in [4.78, 5) is 26.2. The Hall–Kier alpha value is -2.34. The van der Waals surface area contributed by atoms with Gasteiger partial charge in [0.1, 0.15) is 12.3 Å². The van der Waals surface area contributed by atoms with E-state index in [0.717, 1.165) is 0 Å². The quantitative estimate of drug-likeness (QED) is 0.440. The third-order valence-electron chi connectivity index (χ3n) is 1.90. The van der Waals surface area contributed by atoms with Gasteiger partial charge in [0.05, 0.1) is 5.56 Å². The third-order valence-corrected chi connectivity index (χ3v) is 1.90. The number of carbonyl (C=O) groups excluding carboxylic acids is 2. The van der Waals surface area contributed by atoms with Gasteiger partial charge in [-0.1, -0.05) is 18.7 Å². The summed E-state index contributed by atoms with van der Waals surface area (Å²) >= 11 is 0. The van der Waals surface area contributed by atoms with Crippen LogP contribution in [0.1, 0.15) is 15.9 Å². The monoisotopic (exact) mass is 236 g/mol. The van der Waals surface area contributed by atoms with Gasteiger partial charge < -0.3 is 15.3 Å². The fraction of sp³-hybridized carbons (Fsp3) is 0.0909. The molecule has 1 aromatic rings. The van der Waals surface area contributed by atoms with E-state index in [-0.39, 0.29) is 17.9 Å². The molecule has 0 amide bonds. The summed E-state index contributed by atoms with van der Waals surface area (Å²) in [6.45, 7) is 3.23. The molecular formula is C11H12N2O4. The van der Waals surface area contributed by atoms with Crippen LogP contribution in [-0.4, -0.2) is 11.9 Å². The van der Waals surface area contributed by atoms with E-state index in [9.17, 15) is 9.59 Å². The van der Waals surface area contributed by atoms with Crippen LogP contribution >= 0.6 is 0 Å². The molecule has 0 aliphatic rings. The van der Waals surface area contributed by atoms with Crippen molar-refractivity contribution in [1.82, 2.24) is 0 Å². The second kappa shape index (κ2) is 5.66. The van der Waals surface area contributed by atoms with Gasteiger partial charge in [-0.2, -0.15) is 5.90 Å². The number of rotatable bonds is 4. The molecule has 0 bridgehead atoms. The smallest absolute Gasteiger partial charge is 0.356 e. The zero-order valence-electron chi connectivity index (χ0n) is 9.01. The lowest BCUT2D eigenvalue weighted by Gasteiger charge is -2.05. The first-order valence-electron chi connectivity index (χ1n) is 4.66. The number of hydrogen-bond donors (Lipinski definition) is 2. The minimum atomic E-state index is -0.697. The van der Waals surface area contributed by atoms with Crippen LogP contribution in [0.5, 0.6) is 0 Å². The van der Waals surface area contributed by atoms with Crippen LogP contribution in [0.3, 0.4) is 0 Å². The third kappa shape index (κ3) is 3.62. The number of hydrogen-bond acceptors (Lipinski definition) is 6. The SMILES string of the molecule is C=C(N)C(=O)OCc1cccc(C(=O)ON)c1. The van der Waals surface area contributed by atoms with Crippen molar-refractivity contribution in [1.29, 1.82) is 0 Å². The van der Waals surface area contributed by atoms with Crippen LogP contribution in [0.15, 0.2) is 36.5 Å². The van der Waals surface area contributed by atoms with E-state index in [1.54, 1.807) is 12.1 Å². The molecule has 0 spiro atoms. The van der Waals surface area contributed by atoms with Gasteiger partial charge in [-0.3, -0.25) is 0 Å². The molecule has 0 aliphatic heterocycles. The molecule has 6 heteroatoms. The highest BCUT2D eigenvalue weighted by Gasteiger charge is 2.08. The average molecular weight is 236 g/mol. The molecular weight excluding hydrogens is 224 g/mol. The maximum Gasteiger partial charge on any atom is 0.356 e. The van der Waals surface area contributed by atoms with E-state index >= 15 is 0 Å². The first kappa shape index (κ1) is 12.7. The van der Waals surface area contributed by atoms with Crippen LogP contribution in [0.25, 0.3) is 0 Å². The van der Waals surface area contributed by atoms with Crippen LogP contribution < -0.4 is 11.6 Å². The second-order valence-electron chi connectivity index (χ2n) is 3.21. The van der Waals surface area contributed by atoms with Crippen LogP contribution in [0, 0.1) is 0 Å². The Morgan fingerprint density at radius 2 is 2.06 bits per heavy atom. The zero-order chi connectivity index (χ0) is 12.8. The molecule has 90 valence electrons. The van der Waals surface area contributed by atoms with Crippen molar-refractivity contribution in [2.45, 2.75) is 6.61 Å². The number of nitrogens with two attached hydrogens (primary N) is 2. The molecule has 0 radical (unpaired) electrons. The van der Waals surface area contributed by atoms with Crippen molar-refractivity contribution >= 4 is 11.9 Å². The summed E-state index contributed by atoms with van der Waals surface area (Å²) in [5.41, 5.74) is 5.85. The van der Waals surface area contributed by atoms with Crippen LogP contribution in [0.2, 0.25) is 0 Å². The van der Waals surface area contributed by atoms with Gasteiger partial charge in [-0.05, 0) is 17.7 Å². The average Bonchev–Trinajstić information content (AvgIpc) is 2.35. The van der Waals surface area contributed by atoms with Crippen LogP contribution in [0.4, 0.5) is 0 Å². The molecule has 6 nitrogen and oxygen atoms in total. The largest absolute Gasteiger partial charge is 0.456 e. The summed E-state index contributed by atoms with van der Waals surface area (Å²) in [6, 6.07) is 6.33. The summed E-state index contributed by atoms with van der Waals surface area (Å²) in [5, 5.41) is 0. The second-order valence-corrected chi connectivity index (χ2v) is 3.21. The molecule has 0 atom stereocenters. The first-order valence-corrected chi connectivity index (χ1v) is 4.66. The molecule has 1 rings (SSSR count). The maximum absolute atomic E-state index is 11.1. The molecule has 1 aromatic carbocycles. The molecule has 0 fully saturated rings. The Morgan fingerprint density at radius 3 is 2.65 bits per heavy atom. The Kier molecular flexibility index (Phi) is 4.24. The highest BCUT2D eigenvalue weighted by molar-refractivity contribution is 5.89. The van der Waals surface area contributed by atoms with Crippen molar-refractivity contribution in [2.24, 2.45) is 11.6 Å². The molecule has 0 saturated heterocycles. The van der Waals surface area contributed by atoms with Gasteiger partial charge in [0.15, 0.2) is 0 Å². The molecule has 0 unspecified atom stereocenters. The molecule has 17 heavy (non-hydrogen) atoms. The van der Waals surface area contributed by atoms with E-state index in [4.69, 9.17) is 16.4 Å². The van der Waals surface area contributed by atoms with Crippen molar-refractivity contribution in [2.75, 3.05) is 0 Å². The number of ether oxygens (including phenoxy) is 1. The van der Waals surface area contributed by atoms with Crippen LogP contribution in [-0.2, 0) is 21.0 Å². The van der Waals surface area contributed by atoms with Crippen molar-refractivity contribution in [3.63, 3.8) is 0 Å². The lowest BCUT2D eigenvalue weighted by molar-refractivity contribution is -0.140. The van der Waals surface area contributed by atoms with Gasteiger partial charge in [0.25, 0.3) is 0 Å². The Labute approximate surface area is 97.8 Å².